The predicted molar refractivity (Wildman–Crippen MR) is 92.6 cm³/mol. The number of nitrogens with zero attached hydrogens (tertiary/aromatic N) is 2. The van der Waals surface area contributed by atoms with Gasteiger partial charge in [0.1, 0.15) is 12.4 Å². The molecule has 0 fully saturated rings. The summed E-state index contributed by atoms with van der Waals surface area (Å²) in [6.07, 6.45) is 5.28. The Hall–Kier alpha value is -2.34. The Bertz CT molecular complexity index is 726. The maximum Gasteiger partial charge on any atom is 0.275 e. The van der Waals surface area contributed by atoms with Crippen molar-refractivity contribution in [3.05, 3.63) is 46.8 Å². The molecule has 3 rings (SSSR count). The first kappa shape index (κ1) is 17.5. The molecule has 1 aliphatic rings. The molecule has 0 saturated heterocycles. The Morgan fingerprint density at radius 1 is 1.28 bits per heavy atom. The fourth-order valence-electron chi connectivity index (χ4n) is 3.04. The topological polar surface area (TPSA) is 75.8 Å². The van der Waals surface area contributed by atoms with Gasteiger partial charge in [-0.15, -0.1) is 0 Å². The van der Waals surface area contributed by atoms with Gasteiger partial charge in [-0.1, -0.05) is 11.2 Å². The van der Waals surface area contributed by atoms with Gasteiger partial charge >= 0.3 is 0 Å². The minimum atomic E-state index is -0.225. The van der Waals surface area contributed by atoms with Crippen LogP contribution < -0.4 is 4.74 Å². The fourth-order valence-corrected chi connectivity index (χ4v) is 3.04. The Kier molecular flexibility index (Phi) is 5.71. The van der Waals surface area contributed by atoms with Crippen LogP contribution in [0.25, 0.3) is 0 Å². The molecule has 1 amide bonds. The summed E-state index contributed by atoms with van der Waals surface area (Å²) in [5.74, 6) is 1.10. The second-order valence-corrected chi connectivity index (χ2v) is 6.41. The van der Waals surface area contributed by atoms with Crippen molar-refractivity contribution >= 4 is 5.91 Å². The molecule has 6 nitrogen and oxygen atoms in total. The molecule has 0 saturated carbocycles. The summed E-state index contributed by atoms with van der Waals surface area (Å²) in [5.41, 5.74) is 3.03. The van der Waals surface area contributed by atoms with Crippen LogP contribution >= 0.6 is 0 Å². The maximum absolute atomic E-state index is 12.2. The zero-order valence-corrected chi connectivity index (χ0v) is 14.5. The Morgan fingerprint density at radius 3 is 2.88 bits per heavy atom. The van der Waals surface area contributed by atoms with Crippen LogP contribution in [-0.4, -0.2) is 41.3 Å². The van der Waals surface area contributed by atoms with E-state index in [1.54, 1.807) is 13.1 Å². The highest BCUT2D eigenvalue weighted by molar-refractivity contribution is 5.92. The molecule has 1 aromatic carbocycles. The second-order valence-electron chi connectivity index (χ2n) is 6.41. The van der Waals surface area contributed by atoms with Gasteiger partial charge in [-0.05, 0) is 55.4 Å². The van der Waals surface area contributed by atoms with Crippen molar-refractivity contribution in [2.75, 3.05) is 20.2 Å². The largest absolute Gasteiger partial charge is 0.486 e. The number of aliphatic hydroxyl groups excluding tert-OH is 1. The lowest BCUT2D eigenvalue weighted by molar-refractivity contribution is 0.0776. The van der Waals surface area contributed by atoms with Gasteiger partial charge in [0.2, 0.25) is 0 Å². The van der Waals surface area contributed by atoms with Gasteiger partial charge in [0, 0.05) is 26.3 Å². The third-order valence-electron chi connectivity index (χ3n) is 4.48. The van der Waals surface area contributed by atoms with Crippen LogP contribution in [0.4, 0.5) is 0 Å². The molecule has 1 N–H and O–H groups in total. The number of aromatic nitrogens is 1. The lowest BCUT2D eigenvalue weighted by Gasteiger charge is -2.16. The van der Waals surface area contributed by atoms with Crippen molar-refractivity contribution in [2.45, 2.75) is 38.7 Å². The highest BCUT2D eigenvalue weighted by atomic mass is 16.5. The Labute approximate surface area is 147 Å². The number of benzene rings is 1. The fraction of sp³-hybridized carbons (Fsp3) is 0.474. The normalized spacial score (nSPS) is 13.4. The number of ether oxygens (including phenoxy) is 1. The molecule has 0 atom stereocenters. The molecule has 2 aromatic rings. The average Bonchev–Trinajstić information content (AvgIpc) is 3.12. The van der Waals surface area contributed by atoms with Crippen LogP contribution in [0, 0.1) is 0 Å². The molecule has 0 spiro atoms. The number of hydrogen-bond donors (Lipinski definition) is 1. The SMILES string of the molecule is CN(CCCO)C(=O)c1cc(COc2ccc3c(c2)CCCC3)on1. The first-order valence-corrected chi connectivity index (χ1v) is 8.74. The van der Waals surface area contributed by atoms with E-state index in [4.69, 9.17) is 14.4 Å². The lowest BCUT2D eigenvalue weighted by Crippen LogP contribution is -2.28. The van der Waals surface area contributed by atoms with Crippen molar-refractivity contribution in [2.24, 2.45) is 0 Å². The number of amides is 1. The summed E-state index contributed by atoms with van der Waals surface area (Å²) >= 11 is 0. The predicted octanol–water partition coefficient (Wildman–Crippen LogP) is 2.59. The number of carbonyl (C=O) groups excluding carboxylic acids is 1. The molecule has 0 radical (unpaired) electrons. The zero-order valence-electron chi connectivity index (χ0n) is 14.5. The van der Waals surface area contributed by atoms with E-state index in [-0.39, 0.29) is 24.8 Å². The molecule has 25 heavy (non-hydrogen) atoms. The average molecular weight is 344 g/mol. The van der Waals surface area contributed by atoms with E-state index >= 15 is 0 Å². The van der Waals surface area contributed by atoms with Crippen molar-refractivity contribution in [1.82, 2.24) is 10.1 Å². The third kappa shape index (κ3) is 4.39. The first-order valence-electron chi connectivity index (χ1n) is 8.74. The smallest absolute Gasteiger partial charge is 0.275 e. The van der Waals surface area contributed by atoms with E-state index in [2.05, 4.69) is 17.3 Å². The van der Waals surface area contributed by atoms with Gasteiger partial charge in [-0.2, -0.15) is 0 Å². The minimum absolute atomic E-state index is 0.0519. The van der Waals surface area contributed by atoms with E-state index in [1.165, 1.54) is 28.9 Å². The molecule has 0 aliphatic heterocycles. The Morgan fingerprint density at radius 2 is 2.08 bits per heavy atom. The van der Waals surface area contributed by atoms with Crippen LogP contribution in [0.5, 0.6) is 5.75 Å². The van der Waals surface area contributed by atoms with E-state index in [9.17, 15) is 4.79 Å². The highest BCUT2D eigenvalue weighted by Gasteiger charge is 2.17. The van der Waals surface area contributed by atoms with Crippen molar-refractivity contribution < 1.29 is 19.2 Å². The van der Waals surface area contributed by atoms with Gasteiger partial charge in [0.05, 0.1) is 0 Å². The van der Waals surface area contributed by atoms with Crippen LogP contribution in [0.15, 0.2) is 28.8 Å². The van der Waals surface area contributed by atoms with Crippen LogP contribution in [-0.2, 0) is 19.4 Å². The van der Waals surface area contributed by atoms with Gasteiger partial charge in [0.25, 0.3) is 5.91 Å². The monoisotopic (exact) mass is 344 g/mol. The van der Waals surface area contributed by atoms with Gasteiger partial charge < -0.3 is 19.3 Å². The van der Waals surface area contributed by atoms with Gasteiger partial charge in [-0.25, -0.2) is 0 Å². The lowest BCUT2D eigenvalue weighted by atomic mass is 9.92. The number of rotatable bonds is 7. The summed E-state index contributed by atoms with van der Waals surface area (Å²) in [7, 11) is 1.68. The molecule has 1 heterocycles. The molecule has 1 aliphatic carbocycles. The molecule has 134 valence electrons. The van der Waals surface area contributed by atoms with Crippen molar-refractivity contribution in [3.63, 3.8) is 0 Å². The van der Waals surface area contributed by atoms with Crippen molar-refractivity contribution in [3.8, 4) is 5.75 Å². The molecule has 6 heteroatoms. The van der Waals surface area contributed by atoms with E-state index in [0.29, 0.717) is 18.7 Å². The van der Waals surface area contributed by atoms with E-state index in [1.807, 2.05) is 6.07 Å². The van der Waals surface area contributed by atoms with Crippen molar-refractivity contribution in [1.29, 1.82) is 0 Å². The van der Waals surface area contributed by atoms with Gasteiger partial charge in [-0.3, -0.25) is 4.79 Å². The summed E-state index contributed by atoms with van der Waals surface area (Å²) in [6, 6.07) is 7.82. The van der Waals surface area contributed by atoms with E-state index in [0.717, 1.165) is 18.6 Å². The van der Waals surface area contributed by atoms with Crippen LogP contribution in [0.1, 0.15) is 46.6 Å². The highest BCUT2D eigenvalue weighted by Crippen LogP contribution is 2.25. The maximum atomic E-state index is 12.2. The number of fused-ring (bicyclic) bond motifs is 1. The zero-order chi connectivity index (χ0) is 17.6. The quantitative estimate of drug-likeness (QED) is 0.835. The molecule has 0 unspecified atom stereocenters. The summed E-state index contributed by atoms with van der Waals surface area (Å²) in [6.45, 7) is 0.763. The van der Waals surface area contributed by atoms with E-state index < -0.39 is 0 Å². The minimum Gasteiger partial charge on any atom is -0.486 e. The molecular formula is C19H24N2O4. The van der Waals surface area contributed by atoms with Gasteiger partial charge in [0.15, 0.2) is 11.5 Å². The second kappa shape index (κ2) is 8.16. The number of hydrogen-bond acceptors (Lipinski definition) is 5. The molecular weight excluding hydrogens is 320 g/mol. The summed E-state index contributed by atoms with van der Waals surface area (Å²) < 4.78 is 11.0. The number of carbonyl (C=O) groups is 1. The standard InChI is InChI=1S/C19H24N2O4/c1-21(9-4-10-22)19(23)18-12-17(25-20-18)13-24-16-8-7-14-5-2-3-6-15(14)11-16/h7-8,11-12,22H,2-6,9-10,13H2,1H3. The molecule has 1 aromatic heterocycles. The Balaban J connectivity index is 1.57. The number of aryl methyl sites for hydroxylation is 2. The van der Waals surface area contributed by atoms with Crippen LogP contribution in [0.3, 0.4) is 0 Å². The summed E-state index contributed by atoms with van der Waals surface area (Å²) in [4.78, 5) is 13.7. The first-order chi connectivity index (χ1) is 12.2. The third-order valence-corrected chi connectivity index (χ3v) is 4.48. The number of aliphatic hydroxyl groups is 1. The summed E-state index contributed by atoms with van der Waals surface area (Å²) in [5, 5.41) is 12.7. The molecule has 0 bridgehead atoms. The van der Waals surface area contributed by atoms with Crippen LogP contribution in [0.2, 0.25) is 0 Å².